The first-order chi connectivity index (χ1) is 11.0. The van der Waals surface area contributed by atoms with Crippen LogP contribution >= 0.6 is 23.6 Å². The maximum absolute atomic E-state index is 12.8. The Morgan fingerprint density at radius 3 is 2.48 bits per heavy atom. The highest BCUT2D eigenvalue weighted by Gasteiger charge is 2.34. The molecule has 1 aromatic carbocycles. The van der Waals surface area contributed by atoms with Gasteiger partial charge >= 0.3 is 0 Å². The van der Waals surface area contributed by atoms with E-state index in [-0.39, 0.29) is 10.7 Å². The molecule has 0 atom stereocenters. The zero-order valence-electron chi connectivity index (χ0n) is 12.6. The molecule has 2 amide bonds. The molecule has 0 aliphatic carbocycles. The van der Waals surface area contributed by atoms with Gasteiger partial charge in [-0.1, -0.05) is 6.07 Å². The van der Waals surface area contributed by atoms with E-state index in [1.54, 1.807) is 6.08 Å². The van der Waals surface area contributed by atoms with Gasteiger partial charge in [-0.25, -0.2) is 0 Å². The van der Waals surface area contributed by atoms with Crippen molar-refractivity contribution in [3.05, 3.63) is 57.3 Å². The van der Waals surface area contributed by atoms with E-state index in [4.69, 9.17) is 12.2 Å². The molecule has 1 aliphatic heterocycles. The van der Waals surface area contributed by atoms with Crippen molar-refractivity contribution in [2.45, 2.75) is 13.8 Å². The summed E-state index contributed by atoms with van der Waals surface area (Å²) >= 11 is 6.70. The zero-order valence-corrected chi connectivity index (χ0v) is 14.3. The van der Waals surface area contributed by atoms with Gasteiger partial charge < -0.3 is 0 Å². The fraction of sp³-hybridized carbons (Fsp3) is 0.118. The number of thiocarbonyl (C=S) groups is 1. The van der Waals surface area contributed by atoms with Crippen molar-refractivity contribution in [2.24, 2.45) is 0 Å². The van der Waals surface area contributed by atoms with Gasteiger partial charge in [0.05, 0.1) is 5.69 Å². The summed E-state index contributed by atoms with van der Waals surface area (Å²) < 4.78 is 0. The normalized spacial score (nSPS) is 16.9. The summed E-state index contributed by atoms with van der Waals surface area (Å²) in [4.78, 5) is 26.3. The number of carbonyl (C=O) groups is 2. The van der Waals surface area contributed by atoms with Crippen LogP contribution in [0.3, 0.4) is 0 Å². The van der Waals surface area contributed by atoms with Crippen LogP contribution in [0.2, 0.25) is 0 Å². The number of nitrogens with one attached hydrogen (secondary N) is 1. The van der Waals surface area contributed by atoms with Crippen LogP contribution < -0.4 is 10.2 Å². The van der Waals surface area contributed by atoms with Crippen molar-refractivity contribution in [1.82, 2.24) is 5.32 Å². The van der Waals surface area contributed by atoms with Gasteiger partial charge in [-0.2, -0.15) is 11.3 Å². The second-order valence-electron chi connectivity index (χ2n) is 5.36. The molecule has 1 saturated heterocycles. The molecule has 116 valence electrons. The number of thiophene rings is 1. The quantitative estimate of drug-likeness (QED) is 0.518. The van der Waals surface area contributed by atoms with Crippen molar-refractivity contribution in [1.29, 1.82) is 0 Å². The summed E-state index contributed by atoms with van der Waals surface area (Å²) in [5.41, 5.74) is 3.61. The van der Waals surface area contributed by atoms with Crippen molar-refractivity contribution in [3.63, 3.8) is 0 Å². The Morgan fingerprint density at radius 1 is 1.17 bits per heavy atom. The zero-order chi connectivity index (χ0) is 16.6. The van der Waals surface area contributed by atoms with E-state index in [1.165, 1.54) is 16.2 Å². The largest absolute Gasteiger partial charge is 0.298 e. The molecule has 0 unspecified atom stereocenters. The molecule has 2 aromatic rings. The van der Waals surface area contributed by atoms with Crippen LogP contribution in [-0.2, 0) is 9.59 Å². The molecular weight excluding hydrogens is 328 g/mol. The first-order valence-electron chi connectivity index (χ1n) is 6.97. The van der Waals surface area contributed by atoms with Gasteiger partial charge in [0.2, 0.25) is 0 Å². The summed E-state index contributed by atoms with van der Waals surface area (Å²) in [6.45, 7) is 3.91. The summed E-state index contributed by atoms with van der Waals surface area (Å²) in [6, 6.07) is 7.61. The molecule has 0 spiro atoms. The van der Waals surface area contributed by atoms with Gasteiger partial charge in [-0.3, -0.25) is 19.8 Å². The summed E-state index contributed by atoms with van der Waals surface area (Å²) in [5, 5.41) is 6.47. The van der Waals surface area contributed by atoms with Gasteiger partial charge in [0.25, 0.3) is 11.8 Å². The summed E-state index contributed by atoms with van der Waals surface area (Å²) in [6.07, 6.45) is 1.59. The Balaban J connectivity index is 2.05. The number of amides is 2. The molecule has 3 rings (SSSR count). The lowest BCUT2D eigenvalue weighted by Crippen LogP contribution is -2.54. The van der Waals surface area contributed by atoms with E-state index in [1.807, 2.05) is 48.9 Å². The molecule has 2 heterocycles. The highest BCUT2D eigenvalue weighted by Crippen LogP contribution is 2.24. The Bertz CT molecular complexity index is 818. The molecular formula is C17H14N2O2S2. The van der Waals surface area contributed by atoms with Gasteiger partial charge in [0, 0.05) is 0 Å². The fourth-order valence-electron chi connectivity index (χ4n) is 2.50. The predicted octanol–water partition coefficient (Wildman–Crippen LogP) is 3.20. The third-order valence-corrected chi connectivity index (χ3v) is 4.41. The Hall–Kier alpha value is -2.31. The number of aryl methyl sites for hydroxylation is 2. The number of nitrogens with zero attached hydrogens (tertiary/aromatic N) is 1. The van der Waals surface area contributed by atoms with E-state index in [0.717, 1.165) is 16.7 Å². The van der Waals surface area contributed by atoms with Crippen LogP contribution in [0.5, 0.6) is 0 Å². The third-order valence-electron chi connectivity index (χ3n) is 3.42. The maximum Gasteiger partial charge on any atom is 0.270 e. The Labute approximate surface area is 143 Å². The molecule has 1 N–H and O–H groups in total. The monoisotopic (exact) mass is 342 g/mol. The molecule has 4 nitrogen and oxygen atoms in total. The van der Waals surface area contributed by atoms with Gasteiger partial charge in [-0.05, 0) is 77.8 Å². The van der Waals surface area contributed by atoms with E-state index in [9.17, 15) is 9.59 Å². The number of benzene rings is 1. The topological polar surface area (TPSA) is 49.4 Å². The first kappa shape index (κ1) is 15.6. The van der Waals surface area contributed by atoms with Crippen molar-refractivity contribution in [2.75, 3.05) is 4.90 Å². The minimum atomic E-state index is -0.466. The van der Waals surface area contributed by atoms with Crippen LogP contribution in [0.4, 0.5) is 5.69 Å². The lowest BCUT2D eigenvalue weighted by molar-refractivity contribution is -0.122. The van der Waals surface area contributed by atoms with Crippen LogP contribution in [-0.4, -0.2) is 16.9 Å². The first-order valence-corrected chi connectivity index (χ1v) is 8.33. The Morgan fingerprint density at radius 2 is 1.87 bits per heavy atom. The second kappa shape index (κ2) is 6.06. The molecule has 0 radical (unpaired) electrons. The maximum atomic E-state index is 12.8. The van der Waals surface area contributed by atoms with Crippen molar-refractivity contribution >= 4 is 52.2 Å². The highest BCUT2D eigenvalue weighted by molar-refractivity contribution is 7.80. The van der Waals surface area contributed by atoms with Crippen LogP contribution in [0.15, 0.2) is 40.6 Å². The number of hydrogen-bond donors (Lipinski definition) is 1. The number of anilines is 1. The number of rotatable bonds is 2. The predicted molar refractivity (Wildman–Crippen MR) is 96.4 cm³/mol. The lowest BCUT2D eigenvalue weighted by Gasteiger charge is -2.29. The third kappa shape index (κ3) is 3.09. The average Bonchev–Trinajstić information content (AvgIpc) is 2.95. The van der Waals surface area contributed by atoms with Gasteiger partial charge in [0.1, 0.15) is 5.57 Å². The van der Waals surface area contributed by atoms with Gasteiger partial charge in [0.15, 0.2) is 5.11 Å². The molecule has 1 aliphatic rings. The standard InChI is InChI=1S/C17H14N2O2S2/c1-10-5-11(2)7-13(6-10)19-16(21)14(15(20)18-17(19)22)8-12-3-4-23-9-12/h3-9H,1-2H3,(H,18,20,22)/b14-8+. The van der Waals surface area contributed by atoms with Crippen LogP contribution in [0, 0.1) is 13.8 Å². The smallest absolute Gasteiger partial charge is 0.270 e. The minimum Gasteiger partial charge on any atom is -0.298 e. The van der Waals surface area contributed by atoms with E-state index < -0.39 is 11.8 Å². The highest BCUT2D eigenvalue weighted by atomic mass is 32.1. The summed E-state index contributed by atoms with van der Waals surface area (Å²) in [7, 11) is 0. The SMILES string of the molecule is Cc1cc(C)cc(N2C(=O)/C(=C/c3ccsc3)C(=O)NC2=S)c1. The van der Waals surface area contributed by atoms with Crippen LogP contribution in [0.1, 0.15) is 16.7 Å². The second-order valence-corrected chi connectivity index (χ2v) is 6.53. The molecule has 1 aromatic heterocycles. The van der Waals surface area contributed by atoms with E-state index in [0.29, 0.717) is 5.69 Å². The van der Waals surface area contributed by atoms with Crippen molar-refractivity contribution in [3.8, 4) is 0 Å². The molecule has 23 heavy (non-hydrogen) atoms. The summed E-state index contributed by atoms with van der Waals surface area (Å²) in [5.74, 6) is -0.873. The molecule has 0 saturated carbocycles. The number of hydrogen-bond acceptors (Lipinski definition) is 4. The number of carbonyl (C=O) groups excluding carboxylic acids is 2. The minimum absolute atomic E-state index is 0.0798. The molecule has 0 bridgehead atoms. The Kier molecular flexibility index (Phi) is 4.11. The van der Waals surface area contributed by atoms with E-state index in [2.05, 4.69) is 5.32 Å². The van der Waals surface area contributed by atoms with E-state index >= 15 is 0 Å². The fourth-order valence-corrected chi connectivity index (χ4v) is 3.39. The van der Waals surface area contributed by atoms with Crippen LogP contribution in [0.25, 0.3) is 6.08 Å². The van der Waals surface area contributed by atoms with Gasteiger partial charge in [-0.15, -0.1) is 0 Å². The van der Waals surface area contributed by atoms with Crippen molar-refractivity contribution < 1.29 is 9.59 Å². The average molecular weight is 342 g/mol. The molecule has 6 heteroatoms. The molecule has 1 fully saturated rings. The lowest BCUT2D eigenvalue weighted by atomic mass is 10.1.